The average Bonchev–Trinajstić information content (AvgIpc) is 2.86. The second-order valence-electron chi connectivity index (χ2n) is 8.38. The van der Waals surface area contributed by atoms with Gasteiger partial charge in [-0.15, -0.1) is 0 Å². The normalized spacial score (nSPS) is 16.1. The molecule has 1 fully saturated rings. The first-order valence-corrected chi connectivity index (χ1v) is 14.0. The van der Waals surface area contributed by atoms with Crippen LogP contribution in [0.5, 0.6) is 0 Å². The predicted molar refractivity (Wildman–Crippen MR) is 132 cm³/mol. The van der Waals surface area contributed by atoms with Gasteiger partial charge in [0.1, 0.15) is 0 Å². The van der Waals surface area contributed by atoms with E-state index in [4.69, 9.17) is 0 Å². The molecule has 1 heterocycles. The van der Waals surface area contributed by atoms with E-state index in [1.807, 2.05) is 48.5 Å². The van der Waals surface area contributed by atoms with Gasteiger partial charge >= 0.3 is 0 Å². The Balaban J connectivity index is 1.40. The number of rotatable bonds is 8. The fourth-order valence-corrected chi connectivity index (χ4v) is 6.59. The van der Waals surface area contributed by atoms with E-state index in [1.54, 1.807) is 0 Å². The summed E-state index contributed by atoms with van der Waals surface area (Å²) in [4.78, 5) is 2.41. The lowest BCUT2D eigenvalue weighted by Gasteiger charge is -2.34. The third kappa shape index (κ3) is 5.56. The largest absolute Gasteiger partial charge is 0.296 e. The summed E-state index contributed by atoms with van der Waals surface area (Å²) in [6, 6.07) is 24.9. The lowest BCUT2D eigenvalue weighted by atomic mass is 10.2. The minimum absolute atomic E-state index is 0.0672. The summed E-state index contributed by atoms with van der Waals surface area (Å²) >= 11 is 0. The van der Waals surface area contributed by atoms with Crippen LogP contribution in [0.4, 0.5) is 0 Å². The first kappa shape index (κ1) is 24.6. The minimum atomic E-state index is -3.74. The molecular formula is C25H29N3O4S2. The average molecular weight is 500 g/mol. The fourth-order valence-electron chi connectivity index (χ4n) is 4.01. The van der Waals surface area contributed by atoms with E-state index in [-0.39, 0.29) is 16.3 Å². The summed E-state index contributed by atoms with van der Waals surface area (Å²) in [5.41, 5.74) is 2.08. The molecule has 0 unspecified atom stereocenters. The van der Waals surface area contributed by atoms with Crippen LogP contribution in [0.25, 0.3) is 0 Å². The van der Waals surface area contributed by atoms with Crippen molar-refractivity contribution in [3.05, 3.63) is 96.1 Å². The van der Waals surface area contributed by atoms with E-state index < -0.39 is 20.0 Å². The SMILES string of the molecule is CN(Cc1ccccc1)S(=O)(=O)c1ccc(S(=O)(=O)N2CCN(Cc3ccccc3)CC2)cc1. The summed E-state index contributed by atoms with van der Waals surface area (Å²) < 4.78 is 54.9. The van der Waals surface area contributed by atoms with Gasteiger partial charge in [-0.25, -0.2) is 16.8 Å². The summed E-state index contributed by atoms with van der Waals surface area (Å²) in [6.07, 6.45) is 0. The third-order valence-corrected chi connectivity index (χ3v) is 9.73. The lowest BCUT2D eigenvalue weighted by Crippen LogP contribution is -2.48. The van der Waals surface area contributed by atoms with Gasteiger partial charge in [0.25, 0.3) is 0 Å². The van der Waals surface area contributed by atoms with Crippen LogP contribution in [0.3, 0.4) is 0 Å². The molecule has 3 aromatic carbocycles. The number of piperazine rings is 1. The maximum absolute atomic E-state index is 13.1. The first-order valence-electron chi connectivity index (χ1n) is 11.1. The van der Waals surface area contributed by atoms with Crippen molar-refractivity contribution in [3.63, 3.8) is 0 Å². The Labute approximate surface area is 202 Å². The molecule has 1 saturated heterocycles. The molecule has 0 spiro atoms. The zero-order valence-corrected chi connectivity index (χ0v) is 20.7. The van der Waals surface area contributed by atoms with Gasteiger partial charge in [0.2, 0.25) is 20.0 Å². The Kier molecular flexibility index (Phi) is 7.49. The summed E-state index contributed by atoms with van der Waals surface area (Å²) in [5, 5.41) is 0. The molecule has 0 N–H and O–H groups in total. The molecule has 0 aliphatic carbocycles. The molecule has 0 bridgehead atoms. The highest BCUT2D eigenvalue weighted by atomic mass is 32.2. The first-order chi connectivity index (χ1) is 16.3. The van der Waals surface area contributed by atoms with Crippen LogP contribution >= 0.6 is 0 Å². The molecule has 34 heavy (non-hydrogen) atoms. The maximum atomic E-state index is 13.1. The highest BCUT2D eigenvalue weighted by Gasteiger charge is 2.29. The van der Waals surface area contributed by atoms with Crippen molar-refractivity contribution in [2.24, 2.45) is 0 Å². The monoisotopic (exact) mass is 499 g/mol. The number of nitrogens with zero attached hydrogens (tertiary/aromatic N) is 3. The highest BCUT2D eigenvalue weighted by molar-refractivity contribution is 7.89. The second-order valence-corrected chi connectivity index (χ2v) is 12.4. The topological polar surface area (TPSA) is 78.0 Å². The van der Waals surface area contributed by atoms with E-state index in [9.17, 15) is 16.8 Å². The molecule has 180 valence electrons. The van der Waals surface area contributed by atoms with Crippen molar-refractivity contribution < 1.29 is 16.8 Å². The van der Waals surface area contributed by atoms with Gasteiger partial charge in [0.05, 0.1) is 9.79 Å². The fraction of sp³-hybridized carbons (Fsp3) is 0.280. The Morgan fingerprint density at radius 2 is 1.18 bits per heavy atom. The molecule has 0 radical (unpaired) electrons. The minimum Gasteiger partial charge on any atom is -0.296 e. The number of benzene rings is 3. The molecule has 4 rings (SSSR count). The van der Waals surface area contributed by atoms with E-state index in [0.29, 0.717) is 26.2 Å². The van der Waals surface area contributed by atoms with Gasteiger partial charge in [-0.2, -0.15) is 8.61 Å². The highest BCUT2D eigenvalue weighted by Crippen LogP contribution is 2.22. The van der Waals surface area contributed by atoms with Gasteiger partial charge in [0.15, 0.2) is 0 Å². The zero-order valence-electron chi connectivity index (χ0n) is 19.1. The van der Waals surface area contributed by atoms with Crippen LogP contribution in [0.15, 0.2) is 94.7 Å². The standard InChI is InChI=1S/C25H29N3O4S2/c1-26(20-22-8-4-2-5-9-22)33(29,30)24-12-14-25(15-13-24)34(31,32)28-18-16-27(17-19-28)21-23-10-6-3-7-11-23/h2-15H,16-21H2,1H3. The van der Waals surface area contributed by atoms with Gasteiger partial charge in [-0.05, 0) is 35.4 Å². The van der Waals surface area contributed by atoms with Gasteiger partial charge in [-0.1, -0.05) is 60.7 Å². The second kappa shape index (κ2) is 10.4. The van der Waals surface area contributed by atoms with Gasteiger partial charge < -0.3 is 0 Å². The molecule has 3 aromatic rings. The van der Waals surface area contributed by atoms with Gasteiger partial charge in [0, 0.05) is 46.3 Å². The lowest BCUT2D eigenvalue weighted by molar-refractivity contribution is 0.181. The molecule has 0 atom stereocenters. The Bertz CT molecular complexity index is 1290. The third-order valence-electron chi connectivity index (χ3n) is 6.00. The van der Waals surface area contributed by atoms with Crippen LogP contribution in [-0.2, 0) is 33.1 Å². The molecule has 9 heteroatoms. The van der Waals surface area contributed by atoms with Crippen molar-refractivity contribution >= 4 is 20.0 Å². The van der Waals surface area contributed by atoms with E-state index in [1.165, 1.54) is 45.5 Å². The molecule has 7 nitrogen and oxygen atoms in total. The molecule has 0 amide bonds. The van der Waals surface area contributed by atoms with Crippen molar-refractivity contribution in [3.8, 4) is 0 Å². The summed E-state index contributed by atoms with van der Waals surface area (Å²) in [5.74, 6) is 0. The van der Waals surface area contributed by atoms with E-state index >= 15 is 0 Å². The van der Waals surface area contributed by atoms with Crippen LogP contribution in [0.2, 0.25) is 0 Å². The summed E-state index contributed by atoms with van der Waals surface area (Å²) in [6.45, 7) is 3.11. The van der Waals surface area contributed by atoms with E-state index in [0.717, 1.165) is 12.1 Å². The van der Waals surface area contributed by atoms with Crippen molar-refractivity contribution in [2.45, 2.75) is 22.9 Å². The molecular weight excluding hydrogens is 470 g/mol. The molecule has 0 saturated carbocycles. The molecule has 0 aromatic heterocycles. The molecule has 1 aliphatic heterocycles. The van der Waals surface area contributed by atoms with Crippen molar-refractivity contribution in [1.29, 1.82) is 0 Å². The Morgan fingerprint density at radius 1 is 0.676 bits per heavy atom. The quantitative estimate of drug-likeness (QED) is 0.476. The Hall–Kier alpha value is -2.56. The van der Waals surface area contributed by atoms with E-state index in [2.05, 4.69) is 17.0 Å². The van der Waals surface area contributed by atoms with Crippen molar-refractivity contribution in [2.75, 3.05) is 33.2 Å². The van der Waals surface area contributed by atoms with Crippen molar-refractivity contribution in [1.82, 2.24) is 13.5 Å². The van der Waals surface area contributed by atoms with Gasteiger partial charge in [-0.3, -0.25) is 4.90 Å². The zero-order chi connectivity index (χ0) is 24.2. The van der Waals surface area contributed by atoms with Crippen LogP contribution < -0.4 is 0 Å². The number of hydrogen-bond acceptors (Lipinski definition) is 5. The number of sulfonamides is 2. The summed E-state index contributed by atoms with van der Waals surface area (Å²) in [7, 11) is -5.92. The van der Waals surface area contributed by atoms with Crippen LogP contribution in [0.1, 0.15) is 11.1 Å². The molecule has 1 aliphatic rings. The Morgan fingerprint density at radius 3 is 1.74 bits per heavy atom. The predicted octanol–water partition coefficient (Wildman–Crippen LogP) is 3.01. The smallest absolute Gasteiger partial charge is 0.243 e. The van der Waals surface area contributed by atoms with Crippen LogP contribution in [-0.4, -0.2) is 63.6 Å². The van der Waals surface area contributed by atoms with Crippen LogP contribution in [0, 0.1) is 0 Å². The number of hydrogen-bond donors (Lipinski definition) is 0. The maximum Gasteiger partial charge on any atom is 0.243 e.